The molecule has 0 heterocycles. The van der Waals surface area contributed by atoms with E-state index in [1.54, 1.807) is 14.2 Å². The van der Waals surface area contributed by atoms with Gasteiger partial charge in [-0.05, 0) is 42.3 Å². The zero-order chi connectivity index (χ0) is 21.1. The molecule has 0 atom stereocenters. The molecule has 0 radical (unpaired) electrons. The number of nitrogens with zero attached hydrogens (tertiary/aromatic N) is 2. The van der Waals surface area contributed by atoms with Crippen molar-refractivity contribution in [1.82, 2.24) is 10.2 Å². The van der Waals surface area contributed by atoms with Crippen LogP contribution in [0.1, 0.15) is 18.1 Å². The third kappa shape index (κ3) is 7.91. The highest BCUT2D eigenvalue weighted by atomic mass is 127. The van der Waals surface area contributed by atoms with Crippen molar-refractivity contribution in [3.63, 3.8) is 0 Å². The number of nitrogens with one attached hydrogen (secondary N) is 1. The molecule has 2 rings (SSSR count). The molecule has 0 saturated carbocycles. The van der Waals surface area contributed by atoms with Crippen LogP contribution in [0.4, 0.5) is 0 Å². The molecule has 0 aliphatic rings. The summed E-state index contributed by atoms with van der Waals surface area (Å²) in [6.07, 6.45) is 0. The van der Waals surface area contributed by atoms with Crippen LogP contribution in [0.5, 0.6) is 17.2 Å². The number of hydrogen-bond acceptors (Lipinski definition) is 5. The van der Waals surface area contributed by atoms with Gasteiger partial charge in [-0.1, -0.05) is 18.2 Å². The van der Waals surface area contributed by atoms with Gasteiger partial charge < -0.3 is 29.5 Å². The van der Waals surface area contributed by atoms with E-state index in [4.69, 9.17) is 24.3 Å². The summed E-state index contributed by atoms with van der Waals surface area (Å²) in [4.78, 5) is 6.84. The van der Waals surface area contributed by atoms with Gasteiger partial charge in [0.1, 0.15) is 12.4 Å². The molecule has 30 heavy (non-hydrogen) atoms. The average Bonchev–Trinajstić information content (AvgIpc) is 2.75. The fourth-order valence-electron chi connectivity index (χ4n) is 2.80. The first-order valence-electron chi connectivity index (χ1n) is 9.64. The zero-order valence-corrected chi connectivity index (χ0v) is 20.4. The second-order valence-electron chi connectivity index (χ2n) is 6.43. The van der Waals surface area contributed by atoms with Crippen LogP contribution in [-0.4, -0.2) is 57.0 Å². The quantitative estimate of drug-likeness (QED) is 0.280. The Morgan fingerprint density at radius 1 is 1.03 bits per heavy atom. The second-order valence-corrected chi connectivity index (χ2v) is 6.43. The first-order chi connectivity index (χ1) is 14.1. The lowest BCUT2D eigenvalue weighted by molar-refractivity contribution is 0.196. The van der Waals surface area contributed by atoms with E-state index >= 15 is 0 Å². The Kier molecular flexibility index (Phi) is 12.0. The Morgan fingerprint density at radius 3 is 2.33 bits per heavy atom. The molecule has 0 fully saturated rings. The van der Waals surface area contributed by atoms with Gasteiger partial charge in [0.25, 0.3) is 0 Å². The van der Waals surface area contributed by atoms with E-state index in [0.717, 1.165) is 30.4 Å². The van der Waals surface area contributed by atoms with Gasteiger partial charge >= 0.3 is 0 Å². The fraction of sp³-hybridized carbons (Fsp3) is 0.409. The summed E-state index contributed by atoms with van der Waals surface area (Å²) in [5.74, 6) is 2.90. The second kappa shape index (κ2) is 13.9. The van der Waals surface area contributed by atoms with Crippen molar-refractivity contribution < 1.29 is 19.3 Å². The van der Waals surface area contributed by atoms with Crippen molar-refractivity contribution in [3.8, 4) is 17.2 Å². The maximum absolute atomic E-state index is 8.92. The Labute approximate surface area is 196 Å². The van der Waals surface area contributed by atoms with Crippen molar-refractivity contribution in [1.29, 1.82) is 0 Å². The highest BCUT2D eigenvalue weighted by molar-refractivity contribution is 14.0. The largest absolute Gasteiger partial charge is 0.497 e. The van der Waals surface area contributed by atoms with Crippen molar-refractivity contribution in [2.45, 2.75) is 20.0 Å². The molecule has 0 aromatic heterocycles. The molecular formula is C22H32IN3O4. The third-order valence-corrected chi connectivity index (χ3v) is 4.26. The summed E-state index contributed by atoms with van der Waals surface area (Å²) in [6, 6.07) is 13.7. The molecular weight excluding hydrogens is 497 g/mol. The summed E-state index contributed by atoms with van der Waals surface area (Å²) in [6.45, 7) is 4.26. The van der Waals surface area contributed by atoms with Crippen molar-refractivity contribution in [2.75, 3.05) is 41.0 Å². The Morgan fingerprint density at radius 2 is 1.73 bits per heavy atom. The molecule has 7 nitrogen and oxygen atoms in total. The van der Waals surface area contributed by atoms with Crippen LogP contribution in [0.15, 0.2) is 47.5 Å². The van der Waals surface area contributed by atoms with Gasteiger partial charge in [-0.3, -0.25) is 0 Å². The lowest BCUT2D eigenvalue weighted by Crippen LogP contribution is -2.38. The lowest BCUT2D eigenvalue weighted by Gasteiger charge is -2.22. The number of rotatable bonds is 10. The third-order valence-electron chi connectivity index (χ3n) is 4.26. The van der Waals surface area contributed by atoms with Gasteiger partial charge in [-0.15, -0.1) is 24.0 Å². The van der Waals surface area contributed by atoms with Crippen molar-refractivity contribution in [2.24, 2.45) is 4.99 Å². The fourth-order valence-corrected chi connectivity index (χ4v) is 2.80. The van der Waals surface area contributed by atoms with Gasteiger partial charge in [0, 0.05) is 20.1 Å². The number of methoxy groups -OCH3 is 2. The minimum atomic E-state index is -0.0399. The number of ether oxygens (including phenoxy) is 3. The van der Waals surface area contributed by atoms with Crippen LogP contribution < -0.4 is 19.5 Å². The van der Waals surface area contributed by atoms with Gasteiger partial charge in [0.15, 0.2) is 17.5 Å². The van der Waals surface area contributed by atoms with Crippen molar-refractivity contribution >= 4 is 29.9 Å². The van der Waals surface area contributed by atoms with Crippen LogP contribution in [0.2, 0.25) is 0 Å². The number of halogens is 1. The first-order valence-corrected chi connectivity index (χ1v) is 9.64. The van der Waals surface area contributed by atoms with Gasteiger partial charge in [-0.25, -0.2) is 4.99 Å². The van der Waals surface area contributed by atoms with E-state index in [9.17, 15) is 0 Å². The number of benzene rings is 2. The maximum atomic E-state index is 8.92. The summed E-state index contributed by atoms with van der Waals surface area (Å²) in [7, 11) is 5.27. The van der Waals surface area contributed by atoms with Crippen LogP contribution >= 0.6 is 24.0 Å². The van der Waals surface area contributed by atoms with E-state index < -0.39 is 0 Å². The lowest BCUT2D eigenvalue weighted by atomic mass is 10.2. The van der Waals surface area contributed by atoms with E-state index in [-0.39, 0.29) is 37.2 Å². The molecule has 0 bridgehead atoms. The van der Waals surface area contributed by atoms with Gasteiger partial charge in [-0.2, -0.15) is 0 Å². The predicted molar refractivity (Wildman–Crippen MR) is 130 cm³/mol. The van der Waals surface area contributed by atoms with Crippen LogP contribution in [0, 0.1) is 0 Å². The Bertz CT molecular complexity index is 784. The molecule has 0 aliphatic heterocycles. The molecule has 0 unspecified atom stereocenters. The summed E-state index contributed by atoms with van der Waals surface area (Å²) in [5.41, 5.74) is 2.18. The number of aliphatic hydroxyl groups excluding tert-OH is 1. The average molecular weight is 529 g/mol. The molecule has 8 heteroatoms. The van der Waals surface area contributed by atoms with Crippen molar-refractivity contribution in [3.05, 3.63) is 53.6 Å². The standard InChI is InChI=1S/C22H31N3O4.HI/c1-5-23-22(25(2)16-17-6-9-19(27-3)10-7-17)24-15-18-8-11-20(29-13-12-26)21(14-18)28-4;/h6-11,14,26H,5,12-13,15-16H2,1-4H3,(H,23,24);1H. The zero-order valence-electron chi connectivity index (χ0n) is 18.1. The van der Waals surface area contributed by atoms with Crippen LogP contribution in [0.25, 0.3) is 0 Å². The molecule has 2 aromatic rings. The Hall–Kier alpha value is -2.20. The number of guanidine groups is 1. The minimum Gasteiger partial charge on any atom is -0.497 e. The Balaban J connectivity index is 0.00000450. The molecule has 2 aromatic carbocycles. The predicted octanol–water partition coefficient (Wildman–Crippen LogP) is 3.29. The molecule has 0 saturated heterocycles. The highest BCUT2D eigenvalue weighted by Gasteiger charge is 2.09. The molecule has 0 amide bonds. The normalized spacial score (nSPS) is 10.8. The highest BCUT2D eigenvalue weighted by Crippen LogP contribution is 2.28. The molecule has 2 N–H and O–H groups in total. The topological polar surface area (TPSA) is 75.6 Å². The minimum absolute atomic E-state index is 0. The van der Waals surface area contributed by atoms with E-state index in [0.29, 0.717) is 18.0 Å². The first kappa shape index (κ1) is 25.8. The van der Waals surface area contributed by atoms with E-state index in [2.05, 4.69) is 22.3 Å². The monoisotopic (exact) mass is 529 g/mol. The van der Waals surface area contributed by atoms with E-state index in [1.165, 1.54) is 5.56 Å². The molecule has 0 aliphatic carbocycles. The summed E-state index contributed by atoms with van der Waals surface area (Å²) in [5, 5.41) is 12.3. The smallest absolute Gasteiger partial charge is 0.194 e. The number of aliphatic hydroxyl groups is 1. The number of aliphatic imine (C=N–C) groups is 1. The maximum Gasteiger partial charge on any atom is 0.194 e. The summed E-state index contributed by atoms with van der Waals surface area (Å²) < 4.78 is 16.1. The van der Waals surface area contributed by atoms with Crippen LogP contribution in [0.3, 0.4) is 0 Å². The van der Waals surface area contributed by atoms with Crippen LogP contribution in [-0.2, 0) is 13.1 Å². The van der Waals surface area contributed by atoms with Gasteiger partial charge in [0.05, 0.1) is 27.4 Å². The van der Waals surface area contributed by atoms with Gasteiger partial charge in [0.2, 0.25) is 0 Å². The molecule has 166 valence electrons. The number of hydrogen-bond donors (Lipinski definition) is 2. The van der Waals surface area contributed by atoms with E-state index in [1.807, 2.05) is 44.3 Å². The summed E-state index contributed by atoms with van der Waals surface area (Å²) >= 11 is 0. The molecule has 0 spiro atoms. The SMILES string of the molecule is CCNC(=NCc1ccc(OCCO)c(OC)c1)N(C)Cc1ccc(OC)cc1.I.